The van der Waals surface area contributed by atoms with Crippen molar-refractivity contribution in [2.75, 3.05) is 7.11 Å². The van der Waals surface area contributed by atoms with Crippen molar-refractivity contribution in [2.24, 2.45) is 0 Å². The maximum absolute atomic E-state index is 10.5. The van der Waals surface area contributed by atoms with Crippen LogP contribution in [0.1, 0.15) is 0 Å². The third-order valence-electron chi connectivity index (χ3n) is 4.49. The summed E-state index contributed by atoms with van der Waals surface area (Å²) in [5, 5.41) is 0. The summed E-state index contributed by atoms with van der Waals surface area (Å²) in [5.74, 6) is 0. The van der Waals surface area contributed by atoms with Gasteiger partial charge >= 0.3 is 90.8 Å². The third-order valence-corrected chi connectivity index (χ3v) is 28.6. The first kappa shape index (κ1) is 67.8. The SMILES string of the molecule is C=C[Si](C)(C)O[SiH](C)C.C=C[Si](C)(C)O[Si](C)(C)OC.C=C[Si](C)(C)[O-].C[SiH](C)Cl.C[Si]1(C)O[Si](C)(C)O[Si](C)(C)O1.[CH-]=C.[Li+].[Li+].[Li+]. The van der Waals surface area contributed by atoms with Gasteiger partial charge in [-0.3, -0.25) is 6.58 Å². The van der Waals surface area contributed by atoms with Crippen LogP contribution in [0.4, 0.5) is 0 Å². The van der Waals surface area contributed by atoms with Crippen LogP contribution in [-0.2, 0) is 25.0 Å². The Balaban J connectivity index is -0.0000000679. The Morgan fingerprint density at radius 2 is 0.894 bits per heavy atom. The van der Waals surface area contributed by atoms with Gasteiger partial charge in [0.05, 0.1) is 0 Å². The van der Waals surface area contributed by atoms with Crippen LogP contribution < -0.4 is 61.4 Å². The summed E-state index contributed by atoms with van der Waals surface area (Å²) in [7, 11) is -12.4. The molecule has 0 amide bonds. The van der Waals surface area contributed by atoms with Crippen LogP contribution in [0.25, 0.3) is 0 Å². The van der Waals surface area contributed by atoms with E-state index in [2.05, 4.69) is 125 Å². The molecule has 0 aromatic rings. The molecule has 1 saturated heterocycles. The molecule has 1 heterocycles. The Kier molecular flexibility index (Phi) is 44.9. The van der Waals surface area contributed by atoms with Gasteiger partial charge < -0.3 is 36.4 Å². The summed E-state index contributed by atoms with van der Waals surface area (Å²) in [6.45, 7) is 55.1. The van der Waals surface area contributed by atoms with Crippen LogP contribution in [0.5, 0.6) is 0 Å². The largest absolute Gasteiger partial charge is 1.00 e. The fourth-order valence-corrected chi connectivity index (χ4v) is 30.0. The molecule has 20 heteroatoms. The van der Waals surface area contributed by atoms with E-state index in [1.165, 1.54) is 5.70 Å². The molecule has 266 valence electrons. The zero-order chi connectivity index (χ0) is 37.0. The maximum Gasteiger partial charge on any atom is 1.00 e. The molecule has 0 saturated carbocycles. The zero-order valence-electron chi connectivity index (χ0n) is 35.0. The first-order valence-electron chi connectivity index (χ1n) is 14.9. The first-order chi connectivity index (χ1) is 19.2. The van der Waals surface area contributed by atoms with Crippen LogP contribution in [0, 0.1) is 6.58 Å². The molecule has 0 radical (unpaired) electrons. The summed E-state index contributed by atoms with van der Waals surface area (Å²) in [6.07, 6.45) is 0. The molecule has 0 bridgehead atoms. The molecule has 1 aliphatic rings. The molecule has 0 aromatic carbocycles. The zero-order valence-corrected chi connectivity index (χ0v) is 45.1. The average Bonchev–Trinajstić information content (AvgIpc) is 2.76. The number of rotatable bonds is 8. The van der Waals surface area contributed by atoms with E-state index in [1.807, 2.05) is 24.5 Å². The van der Waals surface area contributed by atoms with E-state index >= 15 is 0 Å². The summed E-state index contributed by atoms with van der Waals surface area (Å²) in [4.78, 5) is 10.5. The van der Waals surface area contributed by atoms with Gasteiger partial charge in [-0.15, -0.1) is 25.4 Å². The van der Waals surface area contributed by atoms with E-state index in [-0.39, 0.29) is 56.6 Å². The molecule has 47 heavy (non-hydrogen) atoms. The topological polar surface area (TPSA) is 78.4 Å². The summed E-state index contributed by atoms with van der Waals surface area (Å²) >= 11 is 5.41. The molecule has 0 aromatic heterocycles. The number of hydrogen-bond donors (Lipinski definition) is 0. The van der Waals surface area contributed by atoms with Gasteiger partial charge in [-0.25, -0.2) is 0 Å². The van der Waals surface area contributed by atoms with Crippen LogP contribution in [0.2, 0.25) is 118 Å². The quantitative estimate of drug-likeness (QED) is 0.185. The van der Waals surface area contributed by atoms with Gasteiger partial charge in [-0.2, -0.15) is 11.1 Å². The molecule has 0 N–H and O–H groups in total. The second-order valence-electron chi connectivity index (χ2n) is 13.8. The third kappa shape index (κ3) is 55.6. The first-order valence-corrected chi connectivity index (χ1v) is 42.0. The molecular weight excluding hydrogens is 745 g/mol. The van der Waals surface area contributed by atoms with Gasteiger partial charge in [-0.1, -0.05) is 37.6 Å². The van der Waals surface area contributed by atoms with Crippen molar-refractivity contribution in [2.45, 2.75) is 118 Å². The fraction of sp³-hybridized carbons (Fsp3) is 0.704. The molecule has 1 rings (SSSR count). The minimum Gasteiger partial charge on any atom is -0.856 e. The van der Waals surface area contributed by atoms with Crippen LogP contribution in [0.15, 0.2) is 43.4 Å². The molecule has 1 aliphatic heterocycles. The van der Waals surface area contributed by atoms with Gasteiger partial charge in [-0.05, 0) is 100.0 Å². The Bertz CT molecular complexity index is 756. The molecule has 1 fully saturated rings. The van der Waals surface area contributed by atoms with Gasteiger partial charge in [0.1, 0.15) is 8.11 Å². The Labute approximate surface area is 345 Å². The van der Waals surface area contributed by atoms with Crippen LogP contribution in [-0.4, -0.2) is 83.5 Å². The fourth-order valence-electron chi connectivity index (χ4n) is 3.21. The molecule has 0 spiro atoms. The Morgan fingerprint density at radius 1 is 0.660 bits per heavy atom. The van der Waals surface area contributed by atoms with Crippen molar-refractivity contribution in [3.05, 3.63) is 50.0 Å². The second-order valence-corrected chi connectivity index (χ2v) is 47.2. The summed E-state index contributed by atoms with van der Waals surface area (Å²) in [6, 6.07) is 0. The van der Waals surface area contributed by atoms with E-state index in [9.17, 15) is 4.80 Å². The predicted molar refractivity (Wildman–Crippen MR) is 219 cm³/mol. The molecule has 0 atom stereocenters. The molecule has 0 aliphatic carbocycles. The minimum atomic E-state index is -2.12. The Morgan fingerprint density at radius 3 is 1.02 bits per heavy atom. The molecular formula is C27H71ClLi3O7Si9+. The predicted octanol–water partition coefficient (Wildman–Crippen LogP) is -0.544. The van der Waals surface area contributed by atoms with Crippen LogP contribution >= 0.6 is 11.1 Å². The van der Waals surface area contributed by atoms with E-state index in [0.717, 1.165) is 0 Å². The average molecular weight is 817 g/mol. The van der Waals surface area contributed by atoms with E-state index in [1.54, 1.807) is 20.2 Å². The molecule has 0 unspecified atom stereocenters. The van der Waals surface area contributed by atoms with E-state index < -0.39 is 76.3 Å². The second kappa shape index (κ2) is 31.1. The van der Waals surface area contributed by atoms with Gasteiger partial charge in [0.15, 0.2) is 25.7 Å². The monoisotopic (exact) mass is 815 g/mol. The van der Waals surface area contributed by atoms with Crippen molar-refractivity contribution in [3.63, 3.8) is 0 Å². The minimum absolute atomic E-state index is 0. The van der Waals surface area contributed by atoms with Crippen molar-refractivity contribution in [1.29, 1.82) is 0 Å². The normalized spacial score (nSPS) is 15.7. The Hall–Kier alpha value is 2.71. The number of halogens is 1. The summed E-state index contributed by atoms with van der Waals surface area (Å²) < 4.78 is 34.5. The summed E-state index contributed by atoms with van der Waals surface area (Å²) in [5.41, 5.74) is 5.44. The van der Waals surface area contributed by atoms with Gasteiger partial charge in [0.2, 0.25) is 0 Å². The van der Waals surface area contributed by atoms with Crippen molar-refractivity contribution in [1.82, 2.24) is 0 Å². The van der Waals surface area contributed by atoms with Gasteiger partial charge in [0, 0.05) is 7.11 Å². The van der Waals surface area contributed by atoms with Crippen LogP contribution in [0.3, 0.4) is 0 Å². The standard InChI is InChI=1S/C7H18O2Si2.C6H18O3Si3.C6H16OSi2.C4H9OSi.C2H7ClSi.C2H3.3Li/c1-7-10(3,4)9-11(5,6)8-2;1-10(2)7-11(3,4)9-12(5,6)8-10;1-6-9(4,5)7-8(2)3;1-4-6(2,3)5;1-4(2)3;1-2;;;/h7H,1H2,2-6H3;1-6H3;6,8H,1H2,2-5H3;4H,1H2,2-3H3;4H,1-2H3;1H,2H2;;;/q;;;-1;;-1;3*+1. The molecule has 7 nitrogen and oxygen atoms in total. The number of hydrogen-bond acceptors (Lipinski definition) is 7. The van der Waals surface area contributed by atoms with Crippen molar-refractivity contribution in [3.8, 4) is 0 Å². The smallest absolute Gasteiger partial charge is 0.856 e. The maximum atomic E-state index is 10.5. The van der Waals surface area contributed by atoms with Crippen molar-refractivity contribution >= 4 is 87.4 Å². The van der Waals surface area contributed by atoms with E-state index in [0.29, 0.717) is 0 Å². The van der Waals surface area contributed by atoms with E-state index in [4.69, 9.17) is 36.1 Å². The van der Waals surface area contributed by atoms with Gasteiger partial charge in [0.25, 0.3) is 0 Å². The van der Waals surface area contributed by atoms with Crippen molar-refractivity contribution < 1.29 is 86.4 Å².